The molecule has 2 aromatic carbocycles. The molecule has 92 valence electrons. The number of alkyl halides is 2. The molecule has 0 radical (unpaired) electrons. The summed E-state index contributed by atoms with van der Waals surface area (Å²) in [6.07, 6.45) is 0. The van der Waals surface area contributed by atoms with E-state index < -0.39 is 6.61 Å². The van der Waals surface area contributed by atoms with Crippen molar-refractivity contribution in [1.82, 2.24) is 0 Å². The zero-order valence-corrected chi connectivity index (χ0v) is 9.35. The average molecular weight is 248 g/mol. The van der Waals surface area contributed by atoms with Gasteiger partial charge in [-0.3, -0.25) is 4.79 Å². The van der Waals surface area contributed by atoms with Gasteiger partial charge in [0.25, 0.3) is 0 Å². The Hall–Kier alpha value is -2.23. The average Bonchev–Trinajstić information content (AvgIpc) is 2.39. The second-order valence-corrected chi connectivity index (χ2v) is 3.57. The summed E-state index contributed by atoms with van der Waals surface area (Å²) in [5.74, 6) is -0.451. The van der Waals surface area contributed by atoms with E-state index in [9.17, 15) is 13.6 Å². The molecule has 0 aliphatic rings. The van der Waals surface area contributed by atoms with Crippen LogP contribution in [0.15, 0.2) is 54.6 Å². The fraction of sp³-hybridized carbons (Fsp3) is 0.0714. The number of benzene rings is 2. The largest absolute Gasteiger partial charge is 0.434 e. The first-order chi connectivity index (χ1) is 8.68. The molecule has 4 heteroatoms. The number of hydrogen-bond donors (Lipinski definition) is 0. The highest BCUT2D eigenvalue weighted by molar-refractivity contribution is 6.10. The first kappa shape index (κ1) is 12.2. The van der Waals surface area contributed by atoms with E-state index in [-0.39, 0.29) is 17.1 Å². The van der Waals surface area contributed by atoms with Crippen LogP contribution in [0.4, 0.5) is 8.78 Å². The molecule has 0 unspecified atom stereocenters. The van der Waals surface area contributed by atoms with Gasteiger partial charge in [-0.15, -0.1) is 0 Å². The van der Waals surface area contributed by atoms with Crippen LogP contribution in [0.3, 0.4) is 0 Å². The van der Waals surface area contributed by atoms with E-state index >= 15 is 0 Å². The zero-order chi connectivity index (χ0) is 13.0. The minimum Gasteiger partial charge on any atom is -0.434 e. The van der Waals surface area contributed by atoms with Crippen molar-refractivity contribution in [3.8, 4) is 5.75 Å². The lowest BCUT2D eigenvalue weighted by Gasteiger charge is -2.09. The van der Waals surface area contributed by atoms with E-state index in [1.807, 2.05) is 0 Å². The van der Waals surface area contributed by atoms with Crippen LogP contribution < -0.4 is 4.74 Å². The first-order valence-corrected chi connectivity index (χ1v) is 5.32. The van der Waals surface area contributed by atoms with Crippen molar-refractivity contribution in [3.05, 3.63) is 65.7 Å². The van der Waals surface area contributed by atoms with Gasteiger partial charge in [0.1, 0.15) is 5.75 Å². The summed E-state index contributed by atoms with van der Waals surface area (Å²) in [4.78, 5) is 12.1. The van der Waals surface area contributed by atoms with Gasteiger partial charge in [0.05, 0.1) is 5.56 Å². The highest BCUT2D eigenvalue weighted by Gasteiger charge is 2.16. The van der Waals surface area contributed by atoms with Gasteiger partial charge in [0, 0.05) is 5.56 Å². The third-order valence-electron chi connectivity index (χ3n) is 2.38. The second-order valence-electron chi connectivity index (χ2n) is 3.57. The Labute approximate surface area is 103 Å². The Morgan fingerprint density at radius 2 is 1.56 bits per heavy atom. The van der Waals surface area contributed by atoms with Crippen molar-refractivity contribution < 1.29 is 18.3 Å². The Morgan fingerprint density at radius 3 is 2.22 bits per heavy atom. The van der Waals surface area contributed by atoms with Crippen LogP contribution in [0.2, 0.25) is 0 Å². The molecule has 0 aromatic heterocycles. The van der Waals surface area contributed by atoms with Crippen molar-refractivity contribution in [3.63, 3.8) is 0 Å². The smallest absolute Gasteiger partial charge is 0.387 e. The van der Waals surface area contributed by atoms with Gasteiger partial charge in [-0.25, -0.2) is 0 Å². The lowest BCUT2D eigenvalue weighted by atomic mass is 10.0. The number of carbonyl (C=O) groups excluding carboxylic acids is 1. The Kier molecular flexibility index (Phi) is 3.67. The Morgan fingerprint density at radius 1 is 0.944 bits per heavy atom. The lowest BCUT2D eigenvalue weighted by Crippen LogP contribution is -2.08. The van der Waals surface area contributed by atoms with Crippen molar-refractivity contribution in [1.29, 1.82) is 0 Å². The minimum absolute atomic E-state index is 0.110. The molecule has 0 fully saturated rings. The van der Waals surface area contributed by atoms with E-state index in [4.69, 9.17) is 0 Å². The summed E-state index contributed by atoms with van der Waals surface area (Å²) in [6.45, 7) is -2.95. The van der Waals surface area contributed by atoms with Crippen LogP contribution >= 0.6 is 0 Å². The quantitative estimate of drug-likeness (QED) is 0.774. The molecule has 0 saturated carbocycles. The highest BCUT2D eigenvalue weighted by Crippen LogP contribution is 2.23. The zero-order valence-electron chi connectivity index (χ0n) is 9.35. The summed E-state index contributed by atoms with van der Waals surface area (Å²) < 4.78 is 28.8. The van der Waals surface area contributed by atoms with Crippen LogP contribution in [-0.2, 0) is 0 Å². The van der Waals surface area contributed by atoms with Gasteiger partial charge < -0.3 is 4.74 Å². The number of ether oxygens (including phenoxy) is 1. The van der Waals surface area contributed by atoms with Crippen molar-refractivity contribution >= 4 is 5.78 Å². The van der Waals surface area contributed by atoms with Gasteiger partial charge in [0.2, 0.25) is 0 Å². The molecule has 2 nitrogen and oxygen atoms in total. The number of carbonyl (C=O) groups is 1. The number of para-hydroxylation sites is 1. The molecular weight excluding hydrogens is 238 g/mol. The number of rotatable bonds is 4. The van der Waals surface area contributed by atoms with Crippen LogP contribution in [0.1, 0.15) is 15.9 Å². The fourth-order valence-corrected chi connectivity index (χ4v) is 1.60. The SMILES string of the molecule is O=C(c1ccccc1)c1ccccc1OC(F)F. The molecule has 2 aromatic rings. The van der Waals surface area contributed by atoms with Gasteiger partial charge in [-0.05, 0) is 12.1 Å². The van der Waals surface area contributed by atoms with Crippen LogP contribution in [0, 0.1) is 0 Å². The number of ketones is 1. The Balaban J connectivity index is 2.36. The molecular formula is C14H10F2O2. The summed E-state index contributed by atoms with van der Waals surface area (Å²) in [6, 6.07) is 14.4. The molecule has 0 heterocycles. The maximum absolute atomic E-state index is 12.2. The predicted molar refractivity (Wildman–Crippen MR) is 62.9 cm³/mol. The van der Waals surface area contributed by atoms with Crippen LogP contribution in [0.25, 0.3) is 0 Å². The van der Waals surface area contributed by atoms with Crippen LogP contribution in [-0.4, -0.2) is 12.4 Å². The van der Waals surface area contributed by atoms with E-state index in [0.29, 0.717) is 5.56 Å². The van der Waals surface area contributed by atoms with E-state index in [1.54, 1.807) is 42.5 Å². The molecule has 0 saturated heterocycles. The lowest BCUT2D eigenvalue weighted by molar-refractivity contribution is -0.0501. The first-order valence-electron chi connectivity index (χ1n) is 5.32. The van der Waals surface area contributed by atoms with Crippen molar-refractivity contribution in [2.75, 3.05) is 0 Å². The maximum atomic E-state index is 12.2. The molecule has 2 rings (SSSR count). The molecule has 0 N–H and O–H groups in total. The molecule has 18 heavy (non-hydrogen) atoms. The molecule has 0 bridgehead atoms. The third-order valence-corrected chi connectivity index (χ3v) is 2.38. The third kappa shape index (κ3) is 2.71. The summed E-state index contributed by atoms with van der Waals surface area (Å²) in [5, 5.41) is 0. The van der Waals surface area contributed by atoms with E-state index in [0.717, 1.165) is 0 Å². The molecule has 0 amide bonds. The highest BCUT2D eigenvalue weighted by atomic mass is 19.3. The summed E-state index contributed by atoms with van der Waals surface area (Å²) >= 11 is 0. The van der Waals surface area contributed by atoms with E-state index in [2.05, 4.69) is 4.74 Å². The standard InChI is InChI=1S/C14H10F2O2/c15-14(16)18-12-9-5-4-8-11(12)13(17)10-6-2-1-3-7-10/h1-9,14H. The van der Waals surface area contributed by atoms with Gasteiger partial charge in [-0.2, -0.15) is 8.78 Å². The molecule has 0 spiro atoms. The fourth-order valence-electron chi connectivity index (χ4n) is 1.60. The van der Waals surface area contributed by atoms with Gasteiger partial charge >= 0.3 is 6.61 Å². The summed E-state index contributed by atoms with van der Waals surface area (Å²) in [5.41, 5.74) is 0.562. The van der Waals surface area contributed by atoms with Crippen molar-refractivity contribution in [2.45, 2.75) is 6.61 Å². The minimum atomic E-state index is -2.95. The number of hydrogen-bond acceptors (Lipinski definition) is 2. The normalized spacial score (nSPS) is 10.4. The maximum Gasteiger partial charge on any atom is 0.387 e. The van der Waals surface area contributed by atoms with Crippen LogP contribution in [0.5, 0.6) is 5.75 Å². The van der Waals surface area contributed by atoms with Gasteiger partial charge in [0.15, 0.2) is 5.78 Å². The van der Waals surface area contributed by atoms with Crippen molar-refractivity contribution in [2.24, 2.45) is 0 Å². The Bertz CT molecular complexity index is 539. The number of halogens is 2. The van der Waals surface area contributed by atoms with Gasteiger partial charge in [-0.1, -0.05) is 42.5 Å². The molecule has 0 atom stereocenters. The second kappa shape index (κ2) is 5.40. The molecule has 0 aliphatic carbocycles. The molecule has 0 aliphatic heterocycles. The topological polar surface area (TPSA) is 26.3 Å². The monoisotopic (exact) mass is 248 g/mol. The van der Waals surface area contributed by atoms with E-state index in [1.165, 1.54) is 12.1 Å². The predicted octanol–water partition coefficient (Wildman–Crippen LogP) is 3.52. The summed E-state index contributed by atoms with van der Waals surface area (Å²) in [7, 11) is 0.